The molecule has 2 rings (SSSR count). The van der Waals surface area contributed by atoms with Crippen LogP contribution in [0, 0.1) is 0 Å². The molecule has 0 saturated carbocycles. The Bertz CT molecular complexity index is 303. The Kier molecular flexibility index (Phi) is 5.39. The van der Waals surface area contributed by atoms with Crippen molar-refractivity contribution in [3.63, 3.8) is 0 Å². The van der Waals surface area contributed by atoms with E-state index in [1.807, 2.05) is 0 Å². The minimum atomic E-state index is 0. The van der Waals surface area contributed by atoms with E-state index in [-0.39, 0.29) is 24.8 Å². The second kappa shape index (κ2) is 5.78. The Morgan fingerprint density at radius 2 is 1.27 bits per heavy atom. The first-order valence-electron chi connectivity index (χ1n) is 4.22. The van der Waals surface area contributed by atoms with Crippen LogP contribution in [0.4, 0.5) is 11.4 Å². The van der Waals surface area contributed by atoms with Crippen LogP contribution >= 0.6 is 24.8 Å². The number of fused-ring (bicyclic) bond motifs is 1. The first-order chi connectivity index (χ1) is 6.29. The minimum absolute atomic E-state index is 0. The number of nitrogens with two attached hydrogens (primary N) is 2. The fourth-order valence-electron chi connectivity index (χ4n) is 1.30. The Morgan fingerprint density at radius 3 is 1.67 bits per heavy atom. The van der Waals surface area contributed by atoms with E-state index in [4.69, 9.17) is 20.9 Å². The Balaban J connectivity index is 0.000000980. The maximum Gasteiger partial charge on any atom is 0.186 e. The highest BCUT2D eigenvalue weighted by molar-refractivity contribution is 5.85. The Morgan fingerprint density at radius 1 is 0.867 bits per heavy atom. The largest absolute Gasteiger partial charge is 0.487 e. The summed E-state index contributed by atoms with van der Waals surface area (Å²) in [5.74, 6) is 1.16. The van der Waals surface area contributed by atoms with E-state index in [0.29, 0.717) is 36.1 Å². The number of hydrogen-bond donors (Lipinski definition) is 2. The summed E-state index contributed by atoms with van der Waals surface area (Å²) in [6, 6.07) is 3.45. The summed E-state index contributed by atoms with van der Waals surface area (Å²) < 4.78 is 10.9. The third-order valence-electron chi connectivity index (χ3n) is 1.95. The van der Waals surface area contributed by atoms with Crippen LogP contribution in [-0.2, 0) is 0 Å². The predicted octanol–water partition coefficient (Wildman–Crippen LogP) is 1.86. The zero-order chi connectivity index (χ0) is 9.26. The number of halogens is 2. The first kappa shape index (κ1) is 14.0. The molecular formula is C9H14Cl2N2O2. The molecule has 15 heavy (non-hydrogen) atoms. The summed E-state index contributed by atoms with van der Waals surface area (Å²) in [5, 5.41) is 0. The molecule has 6 heteroatoms. The summed E-state index contributed by atoms with van der Waals surface area (Å²) in [5.41, 5.74) is 12.6. The lowest BCUT2D eigenvalue weighted by atomic mass is 10.2. The Hall–Kier alpha value is -1.00. The summed E-state index contributed by atoms with van der Waals surface area (Å²) >= 11 is 0. The molecule has 1 heterocycles. The molecule has 0 fully saturated rings. The monoisotopic (exact) mass is 252 g/mol. The zero-order valence-electron chi connectivity index (χ0n) is 8.06. The lowest BCUT2D eigenvalue weighted by Crippen LogP contribution is -1.99. The molecule has 0 bridgehead atoms. The van der Waals surface area contributed by atoms with Gasteiger partial charge in [0.25, 0.3) is 0 Å². The molecule has 4 N–H and O–H groups in total. The molecule has 4 nitrogen and oxygen atoms in total. The maximum absolute atomic E-state index is 5.72. The highest BCUT2D eigenvalue weighted by Crippen LogP contribution is 2.39. The number of nitrogen functional groups attached to an aromatic ring is 2. The van der Waals surface area contributed by atoms with Crippen molar-refractivity contribution in [3.05, 3.63) is 12.1 Å². The molecule has 0 aromatic heterocycles. The third-order valence-corrected chi connectivity index (χ3v) is 1.95. The Labute approximate surface area is 101 Å². The van der Waals surface area contributed by atoms with Crippen molar-refractivity contribution >= 4 is 36.2 Å². The summed E-state index contributed by atoms with van der Waals surface area (Å²) in [6.45, 7) is 1.25. The number of hydrogen-bond acceptors (Lipinski definition) is 4. The molecule has 1 aliphatic rings. The maximum atomic E-state index is 5.72. The smallest absolute Gasteiger partial charge is 0.186 e. The van der Waals surface area contributed by atoms with E-state index >= 15 is 0 Å². The van der Waals surface area contributed by atoms with Gasteiger partial charge in [-0.3, -0.25) is 0 Å². The average Bonchev–Trinajstić information content (AvgIpc) is 2.37. The summed E-state index contributed by atoms with van der Waals surface area (Å²) in [4.78, 5) is 0. The van der Waals surface area contributed by atoms with Crippen molar-refractivity contribution in [2.45, 2.75) is 6.42 Å². The topological polar surface area (TPSA) is 70.5 Å². The molecule has 0 atom stereocenters. The molecule has 1 aromatic carbocycles. The second-order valence-electron chi connectivity index (χ2n) is 2.95. The molecule has 0 spiro atoms. The molecule has 86 valence electrons. The van der Waals surface area contributed by atoms with E-state index in [2.05, 4.69) is 0 Å². The third kappa shape index (κ3) is 2.73. The van der Waals surface area contributed by atoms with E-state index in [1.54, 1.807) is 12.1 Å². The molecule has 0 amide bonds. The fourth-order valence-corrected chi connectivity index (χ4v) is 1.30. The van der Waals surface area contributed by atoms with Crippen LogP contribution in [0.1, 0.15) is 6.42 Å². The lowest BCUT2D eigenvalue weighted by molar-refractivity contribution is 0.297. The highest BCUT2D eigenvalue weighted by Gasteiger charge is 2.15. The van der Waals surface area contributed by atoms with E-state index in [0.717, 1.165) is 6.42 Å². The van der Waals surface area contributed by atoms with E-state index in [1.165, 1.54) is 0 Å². The summed E-state index contributed by atoms with van der Waals surface area (Å²) in [6.07, 6.45) is 0.855. The molecular weight excluding hydrogens is 239 g/mol. The van der Waals surface area contributed by atoms with Gasteiger partial charge in [0, 0.05) is 6.42 Å². The van der Waals surface area contributed by atoms with Crippen molar-refractivity contribution in [1.82, 2.24) is 0 Å². The standard InChI is InChI=1S/C9H12N2O2.2ClH/c10-6-2-3-7(11)9-8(6)12-4-1-5-13-9;;/h2-3H,1,4-5,10-11H2;2*1H. The zero-order valence-corrected chi connectivity index (χ0v) is 9.70. The van der Waals surface area contributed by atoms with Crippen LogP contribution in [-0.4, -0.2) is 13.2 Å². The predicted molar refractivity (Wildman–Crippen MR) is 65.4 cm³/mol. The van der Waals surface area contributed by atoms with Gasteiger partial charge in [-0.15, -0.1) is 24.8 Å². The number of anilines is 2. The fraction of sp³-hybridized carbons (Fsp3) is 0.333. The quantitative estimate of drug-likeness (QED) is 0.692. The molecule has 0 saturated heterocycles. The second-order valence-corrected chi connectivity index (χ2v) is 2.95. The molecule has 1 aromatic rings. The van der Waals surface area contributed by atoms with Crippen LogP contribution in [0.3, 0.4) is 0 Å². The van der Waals surface area contributed by atoms with Gasteiger partial charge >= 0.3 is 0 Å². The van der Waals surface area contributed by atoms with Crippen LogP contribution in [0.15, 0.2) is 12.1 Å². The van der Waals surface area contributed by atoms with Gasteiger partial charge < -0.3 is 20.9 Å². The minimum Gasteiger partial charge on any atom is -0.487 e. The van der Waals surface area contributed by atoms with E-state index in [9.17, 15) is 0 Å². The molecule has 0 aliphatic carbocycles. The summed E-state index contributed by atoms with van der Waals surface area (Å²) in [7, 11) is 0. The number of rotatable bonds is 0. The van der Waals surface area contributed by atoms with Crippen LogP contribution in [0.25, 0.3) is 0 Å². The van der Waals surface area contributed by atoms with Gasteiger partial charge in [-0.2, -0.15) is 0 Å². The van der Waals surface area contributed by atoms with Gasteiger partial charge in [0.1, 0.15) is 0 Å². The van der Waals surface area contributed by atoms with Crippen LogP contribution in [0.2, 0.25) is 0 Å². The van der Waals surface area contributed by atoms with Gasteiger partial charge in [0.05, 0.1) is 24.6 Å². The molecule has 0 radical (unpaired) electrons. The lowest BCUT2D eigenvalue weighted by Gasteiger charge is -2.11. The van der Waals surface area contributed by atoms with Crippen molar-refractivity contribution < 1.29 is 9.47 Å². The number of benzene rings is 1. The van der Waals surface area contributed by atoms with Gasteiger partial charge in [0.15, 0.2) is 11.5 Å². The normalized spacial score (nSPS) is 13.1. The van der Waals surface area contributed by atoms with Crippen molar-refractivity contribution in [2.75, 3.05) is 24.7 Å². The van der Waals surface area contributed by atoms with Gasteiger partial charge in [0.2, 0.25) is 0 Å². The highest BCUT2D eigenvalue weighted by atomic mass is 35.5. The molecule has 0 unspecified atom stereocenters. The first-order valence-corrected chi connectivity index (χ1v) is 4.22. The van der Waals surface area contributed by atoms with Gasteiger partial charge in [-0.05, 0) is 12.1 Å². The number of ether oxygens (including phenoxy) is 2. The van der Waals surface area contributed by atoms with E-state index < -0.39 is 0 Å². The molecule has 1 aliphatic heterocycles. The van der Waals surface area contributed by atoms with Gasteiger partial charge in [-0.25, -0.2) is 0 Å². The van der Waals surface area contributed by atoms with Crippen LogP contribution in [0.5, 0.6) is 11.5 Å². The van der Waals surface area contributed by atoms with Gasteiger partial charge in [-0.1, -0.05) is 0 Å². The van der Waals surface area contributed by atoms with Crippen molar-refractivity contribution in [1.29, 1.82) is 0 Å². The SMILES string of the molecule is Cl.Cl.Nc1ccc(N)c2c1OCCCO2. The average molecular weight is 253 g/mol. The van der Waals surface area contributed by atoms with Crippen molar-refractivity contribution in [2.24, 2.45) is 0 Å². The van der Waals surface area contributed by atoms with Crippen LogP contribution < -0.4 is 20.9 Å². The van der Waals surface area contributed by atoms with Crippen molar-refractivity contribution in [3.8, 4) is 11.5 Å².